The number of aryl methyl sites for hydroxylation is 1. The molecule has 2 heterocycles. The maximum Gasteiger partial charge on any atom is 0.286 e. The van der Waals surface area contributed by atoms with Crippen LogP contribution in [-0.2, 0) is 10.9 Å². The molecule has 6 nitrogen and oxygen atoms in total. The normalized spacial score (nSPS) is 14.6. The van der Waals surface area contributed by atoms with Crippen LogP contribution < -0.4 is 10.6 Å². The molecule has 37 heavy (non-hydrogen) atoms. The number of hydrogen-bond donors (Lipinski definition) is 2. The van der Waals surface area contributed by atoms with E-state index in [1.807, 2.05) is 36.4 Å². The van der Waals surface area contributed by atoms with Crippen LogP contribution >= 0.6 is 11.3 Å². The van der Waals surface area contributed by atoms with Gasteiger partial charge in [0.15, 0.2) is 0 Å². The first-order chi connectivity index (χ1) is 17.6. The van der Waals surface area contributed by atoms with Crippen molar-refractivity contribution >= 4 is 58.4 Å². The second-order valence-corrected chi connectivity index (χ2v) is 16.6. The van der Waals surface area contributed by atoms with Gasteiger partial charge >= 0.3 is 0 Å². The van der Waals surface area contributed by atoms with E-state index < -0.39 is 8.32 Å². The van der Waals surface area contributed by atoms with Gasteiger partial charge < -0.3 is 15.2 Å². The molecule has 190 valence electrons. The van der Waals surface area contributed by atoms with Gasteiger partial charge in [-0.3, -0.25) is 9.78 Å². The molecule has 0 saturated heterocycles. The molecule has 0 fully saturated rings. The molecule has 0 saturated carbocycles. The molecule has 1 aliphatic carbocycles. The number of benzene rings is 2. The van der Waals surface area contributed by atoms with Crippen LogP contribution in [0.5, 0.6) is 0 Å². The number of nitrogens with one attached hydrogen (secondary N) is 2. The van der Waals surface area contributed by atoms with Crippen molar-refractivity contribution in [2.24, 2.45) is 5.16 Å². The van der Waals surface area contributed by atoms with Crippen LogP contribution in [0, 0.1) is 0 Å². The summed E-state index contributed by atoms with van der Waals surface area (Å²) in [7, 11) is -1.96. The Morgan fingerprint density at radius 2 is 1.84 bits per heavy atom. The van der Waals surface area contributed by atoms with Gasteiger partial charge in [-0.25, -0.2) is 0 Å². The summed E-state index contributed by atoms with van der Waals surface area (Å²) >= 11 is 1.44. The van der Waals surface area contributed by atoms with Crippen molar-refractivity contribution in [1.82, 2.24) is 4.98 Å². The molecule has 0 spiro atoms. The first-order valence-corrected chi connectivity index (χ1v) is 16.2. The average molecular weight is 529 g/mol. The van der Waals surface area contributed by atoms with E-state index in [0.717, 1.165) is 51.3 Å². The number of nitrogens with zero attached hydrogens (tertiary/aromatic N) is 2. The predicted molar refractivity (Wildman–Crippen MR) is 157 cm³/mol. The van der Waals surface area contributed by atoms with Gasteiger partial charge in [-0.2, -0.15) is 0 Å². The van der Waals surface area contributed by atoms with Crippen molar-refractivity contribution in [3.8, 4) is 0 Å². The maximum atomic E-state index is 13.3. The number of carbonyl (C=O) groups is 1. The smallest absolute Gasteiger partial charge is 0.286 e. The summed E-state index contributed by atoms with van der Waals surface area (Å²) in [5.74, 6) is -0.145. The standard InChI is InChI=1S/C29H32N4O2SSi/c1-29(2,3)37(4,5)35-33-24-14-11-19-17-21(12-13-22(19)24)31-26-23-15-16-30-18-25(23)36-27(26)28(34)32-20-9-7-6-8-10-20/h6-10,12-13,15-18,31H,11,14H2,1-5H3,(H,32,34). The lowest BCUT2D eigenvalue weighted by Gasteiger charge is -2.33. The van der Waals surface area contributed by atoms with Gasteiger partial charge in [0.1, 0.15) is 4.88 Å². The highest BCUT2D eigenvalue weighted by molar-refractivity contribution is 7.21. The predicted octanol–water partition coefficient (Wildman–Crippen LogP) is 7.96. The molecule has 0 unspecified atom stereocenters. The fraction of sp³-hybridized carbons (Fsp3) is 0.276. The molecule has 5 rings (SSSR count). The minimum absolute atomic E-state index is 0.107. The summed E-state index contributed by atoms with van der Waals surface area (Å²) in [4.78, 5) is 18.1. The van der Waals surface area contributed by atoms with Gasteiger partial charge in [0.2, 0.25) is 0 Å². The SMILES string of the molecule is CC(C)(C)[Si](C)(C)ON=C1CCc2cc(Nc3c(C(=O)Nc4ccccc4)sc4cnccc34)ccc21. The van der Waals surface area contributed by atoms with Crippen molar-refractivity contribution in [3.63, 3.8) is 0 Å². The Bertz CT molecular complexity index is 1490. The topological polar surface area (TPSA) is 75.6 Å². The van der Waals surface area contributed by atoms with E-state index in [1.165, 1.54) is 16.9 Å². The van der Waals surface area contributed by atoms with Crippen LogP contribution in [0.25, 0.3) is 10.1 Å². The number of thiophene rings is 1. The quantitative estimate of drug-likeness (QED) is 0.197. The zero-order valence-corrected chi connectivity index (χ0v) is 23.7. The van der Waals surface area contributed by atoms with Crippen LogP contribution in [0.2, 0.25) is 18.1 Å². The molecular formula is C29H32N4O2SSi. The lowest BCUT2D eigenvalue weighted by molar-refractivity contribution is 0.103. The number of aromatic nitrogens is 1. The molecule has 2 aromatic heterocycles. The van der Waals surface area contributed by atoms with Crippen molar-refractivity contribution < 1.29 is 9.32 Å². The van der Waals surface area contributed by atoms with E-state index in [9.17, 15) is 4.79 Å². The number of rotatable bonds is 6. The largest absolute Gasteiger partial charge is 0.455 e. The van der Waals surface area contributed by atoms with Crippen LogP contribution in [-0.4, -0.2) is 24.9 Å². The lowest BCUT2D eigenvalue weighted by Crippen LogP contribution is -2.39. The molecule has 0 aliphatic heterocycles. The molecule has 0 atom stereocenters. The molecule has 8 heteroatoms. The molecule has 1 amide bonds. The van der Waals surface area contributed by atoms with Gasteiger partial charge in [0.05, 0.1) is 16.1 Å². The number of anilines is 3. The number of pyridine rings is 1. The summed E-state index contributed by atoms with van der Waals surface area (Å²) in [6.07, 6.45) is 5.34. The Morgan fingerprint density at radius 1 is 1.05 bits per heavy atom. The molecule has 2 aromatic carbocycles. The molecule has 0 radical (unpaired) electrons. The first kappa shape index (κ1) is 25.2. The minimum Gasteiger partial charge on any atom is -0.455 e. The summed E-state index contributed by atoms with van der Waals surface area (Å²) in [5, 5.41) is 12.3. The van der Waals surface area contributed by atoms with Gasteiger partial charge in [0.25, 0.3) is 14.2 Å². The van der Waals surface area contributed by atoms with Crippen molar-refractivity contribution in [2.45, 2.75) is 51.7 Å². The zero-order chi connectivity index (χ0) is 26.2. The molecule has 1 aliphatic rings. The van der Waals surface area contributed by atoms with E-state index >= 15 is 0 Å². The first-order valence-electron chi connectivity index (χ1n) is 12.5. The van der Waals surface area contributed by atoms with Crippen LogP contribution in [0.3, 0.4) is 0 Å². The lowest BCUT2D eigenvalue weighted by atomic mass is 10.1. The average Bonchev–Trinajstić information content (AvgIpc) is 3.44. The van der Waals surface area contributed by atoms with Gasteiger partial charge in [-0.1, -0.05) is 45.0 Å². The highest BCUT2D eigenvalue weighted by Gasteiger charge is 2.40. The fourth-order valence-electron chi connectivity index (χ4n) is 4.04. The number of carbonyl (C=O) groups excluding carboxylic acids is 1. The Labute approximate surface area is 222 Å². The van der Waals surface area contributed by atoms with Crippen LogP contribution in [0.4, 0.5) is 17.1 Å². The Balaban J connectivity index is 1.42. The summed E-state index contributed by atoms with van der Waals surface area (Å²) < 4.78 is 7.11. The van der Waals surface area contributed by atoms with E-state index in [-0.39, 0.29) is 10.9 Å². The number of para-hydroxylation sites is 1. The Hall–Kier alpha value is -3.49. The van der Waals surface area contributed by atoms with Crippen molar-refractivity contribution in [1.29, 1.82) is 0 Å². The van der Waals surface area contributed by atoms with E-state index in [1.54, 1.807) is 12.4 Å². The number of oxime groups is 1. The molecular weight excluding hydrogens is 496 g/mol. The number of fused-ring (bicyclic) bond motifs is 2. The van der Waals surface area contributed by atoms with Crippen molar-refractivity contribution in [2.75, 3.05) is 10.6 Å². The van der Waals surface area contributed by atoms with Gasteiger partial charge in [-0.05, 0) is 66.9 Å². The maximum absolute atomic E-state index is 13.3. The number of hydrogen-bond acceptors (Lipinski definition) is 6. The monoisotopic (exact) mass is 528 g/mol. The third kappa shape index (κ3) is 5.17. The third-order valence-corrected chi connectivity index (χ3v) is 12.5. The van der Waals surface area contributed by atoms with Crippen LogP contribution in [0.15, 0.2) is 72.1 Å². The van der Waals surface area contributed by atoms with Gasteiger partial charge in [0, 0.05) is 34.7 Å². The Morgan fingerprint density at radius 3 is 2.59 bits per heavy atom. The van der Waals surface area contributed by atoms with E-state index in [4.69, 9.17) is 4.53 Å². The highest BCUT2D eigenvalue weighted by Crippen LogP contribution is 2.39. The van der Waals surface area contributed by atoms with Crippen molar-refractivity contribution in [3.05, 3.63) is 83.0 Å². The third-order valence-electron chi connectivity index (χ3n) is 7.24. The minimum atomic E-state index is -1.96. The fourth-order valence-corrected chi connectivity index (χ4v) is 5.67. The van der Waals surface area contributed by atoms with Gasteiger partial charge in [-0.15, -0.1) is 16.5 Å². The highest BCUT2D eigenvalue weighted by atomic mass is 32.1. The summed E-state index contributed by atoms with van der Waals surface area (Å²) in [5.41, 5.74) is 5.89. The molecule has 4 aromatic rings. The second-order valence-electron chi connectivity index (χ2n) is 10.9. The number of amides is 1. The molecule has 2 N–H and O–H groups in total. The van der Waals surface area contributed by atoms with E-state index in [0.29, 0.717) is 4.88 Å². The van der Waals surface area contributed by atoms with E-state index in [2.05, 4.69) is 72.8 Å². The summed E-state index contributed by atoms with van der Waals surface area (Å²) in [6, 6.07) is 17.8. The zero-order valence-electron chi connectivity index (χ0n) is 21.9. The van der Waals surface area contributed by atoms with Crippen LogP contribution in [0.1, 0.15) is 48.0 Å². The Kier molecular flexibility index (Phi) is 6.64. The second kappa shape index (κ2) is 9.76. The summed E-state index contributed by atoms with van der Waals surface area (Å²) in [6.45, 7) is 11.1. The molecule has 0 bridgehead atoms.